The van der Waals surface area contributed by atoms with E-state index < -0.39 is 24.3 Å². The predicted octanol–water partition coefficient (Wildman–Crippen LogP) is 16.9. The van der Waals surface area contributed by atoms with Crippen molar-refractivity contribution >= 4 is 17.9 Å². The third-order valence-corrected chi connectivity index (χ3v) is 12.9. The van der Waals surface area contributed by atoms with Crippen LogP contribution in [0.2, 0.25) is 0 Å². The molecule has 2 unspecified atom stereocenters. The Morgan fingerprint density at radius 2 is 0.783 bits per heavy atom. The Bertz CT molecular complexity index is 1230. The van der Waals surface area contributed by atoms with E-state index in [0.29, 0.717) is 17.4 Å². The number of unbranched alkanes of at least 4 members (excludes halogenated alkanes) is 33. The summed E-state index contributed by atoms with van der Waals surface area (Å²) in [6.07, 6.45) is 59.3. The van der Waals surface area contributed by atoms with Crippen LogP contribution in [-0.2, 0) is 33.3 Å². The Balaban J connectivity index is 4.24. The zero-order valence-electron chi connectivity index (χ0n) is 46.0. The van der Waals surface area contributed by atoms with Crippen molar-refractivity contribution in [1.29, 1.82) is 0 Å². The summed E-state index contributed by atoms with van der Waals surface area (Å²) in [7, 11) is 5.97. The van der Waals surface area contributed by atoms with Crippen molar-refractivity contribution in [3.63, 3.8) is 0 Å². The van der Waals surface area contributed by atoms with Crippen molar-refractivity contribution in [1.82, 2.24) is 0 Å². The van der Waals surface area contributed by atoms with Crippen molar-refractivity contribution in [2.45, 2.75) is 283 Å². The number of hydrogen-bond donors (Lipinski definition) is 1. The van der Waals surface area contributed by atoms with Gasteiger partial charge in [-0.1, -0.05) is 224 Å². The van der Waals surface area contributed by atoms with Crippen molar-refractivity contribution < 1.29 is 42.9 Å². The number of allylic oxidation sites excluding steroid dienone is 6. The zero-order chi connectivity index (χ0) is 50.6. The van der Waals surface area contributed by atoms with Gasteiger partial charge in [0.2, 0.25) is 0 Å². The van der Waals surface area contributed by atoms with Crippen LogP contribution in [0.5, 0.6) is 0 Å². The lowest BCUT2D eigenvalue weighted by atomic mass is 10.0. The lowest BCUT2D eigenvalue weighted by Crippen LogP contribution is -2.40. The predicted molar refractivity (Wildman–Crippen MR) is 291 cm³/mol. The minimum absolute atomic E-state index is 0.182. The molecule has 69 heavy (non-hydrogen) atoms. The molecule has 0 aliphatic carbocycles. The summed E-state index contributed by atoms with van der Waals surface area (Å²) >= 11 is 0. The fourth-order valence-electron chi connectivity index (χ4n) is 8.33. The van der Waals surface area contributed by atoms with Gasteiger partial charge in [-0.25, -0.2) is 4.79 Å². The molecule has 9 nitrogen and oxygen atoms in total. The van der Waals surface area contributed by atoms with E-state index in [0.717, 1.165) is 51.4 Å². The quantitative estimate of drug-likeness (QED) is 0.0211. The number of ether oxygens (including phenoxy) is 4. The molecule has 0 aromatic rings. The number of quaternary nitrogens is 1. The first-order valence-corrected chi connectivity index (χ1v) is 29.2. The molecule has 0 spiro atoms. The van der Waals surface area contributed by atoms with Crippen LogP contribution in [-0.4, -0.2) is 87.4 Å². The molecule has 0 saturated heterocycles. The zero-order valence-corrected chi connectivity index (χ0v) is 46.0. The number of likely N-dealkylation sites (N-methyl/N-ethyl adjacent to an activating group) is 1. The molecule has 0 radical (unpaired) electrons. The number of aliphatic carboxylic acids is 1. The number of carbonyl (C=O) groups excluding carboxylic acids is 2. The number of hydrogen-bond acceptors (Lipinski definition) is 7. The third kappa shape index (κ3) is 53.1. The first kappa shape index (κ1) is 66.5. The summed E-state index contributed by atoms with van der Waals surface area (Å²) in [5.74, 6) is -2.00. The van der Waals surface area contributed by atoms with Crippen LogP contribution < -0.4 is 0 Å². The van der Waals surface area contributed by atoms with E-state index >= 15 is 0 Å². The van der Waals surface area contributed by atoms with E-state index in [1.165, 1.54) is 193 Å². The Hall–Kier alpha value is -2.49. The van der Waals surface area contributed by atoms with Gasteiger partial charge in [0.1, 0.15) is 13.2 Å². The van der Waals surface area contributed by atoms with Gasteiger partial charge in [0.25, 0.3) is 6.29 Å². The van der Waals surface area contributed by atoms with E-state index in [2.05, 4.69) is 50.3 Å². The van der Waals surface area contributed by atoms with Gasteiger partial charge < -0.3 is 28.5 Å². The van der Waals surface area contributed by atoms with Gasteiger partial charge in [0, 0.05) is 12.8 Å². The average molecular weight is 976 g/mol. The molecule has 1 N–H and O–H groups in total. The molecule has 0 aromatic carbocycles. The highest BCUT2D eigenvalue weighted by atomic mass is 16.7. The van der Waals surface area contributed by atoms with Crippen molar-refractivity contribution in [2.24, 2.45) is 0 Å². The van der Waals surface area contributed by atoms with E-state index in [-0.39, 0.29) is 32.2 Å². The minimum atomic E-state index is -1.51. The lowest BCUT2D eigenvalue weighted by molar-refractivity contribution is -0.870. The summed E-state index contributed by atoms with van der Waals surface area (Å²) in [6, 6.07) is 0. The Labute approximate surface area is 426 Å². The van der Waals surface area contributed by atoms with Gasteiger partial charge in [-0.05, 0) is 70.6 Å². The van der Waals surface area contributed by atoms with Crippen molar-refractivity contribution in [2.75, 3.05) is 47.5 Å². The average Bonchev–Trinajstić information content (AvgIpc) is 3.31. The fraction of sp³-hybridized carbons (Fsp3) is 0.850. The van der Waals surface area contributed by atoms with Crippen LogP contribution in [0.15, 0.2) is 36.5 Å². The van der Waals surface area contributed by atoms with Gasteiger partial charge in [0.05, 0.1) is 34.4 Å². The minimum Gasteiger partial charge on any atom is -0.477 e. The SMILES string of the molecule is CCCCCCC/C=C\C/C=C\CCCCCCCCCCCC(=O)OC(COC(=O)CCCCCCCCCCCCC/C=C\CCCCCCCCCC)COC(OCC[N+](C)(C)C)C(=O)O. The van der Waals surface area contributed by atoms with Gasteiger partial charge in [0.15, 0.2) is 6.10 Å². The molecule has 0 amide bonds. The second kappa shape index (κ2) is 51.9. The van der Waals surface area contributed by atoms with Gasteiger partial charge >= 0.3 is 17.9 Å². The third-order valence-electron chi connectivity index (χ3n) is 12.9. The number of carboxylic acids is 1. The first-order valence-electron chi connectivity index (χ1n) is 29.2. The molecule has 0 saturated carbocycles. The van der Waals surface area contributed by atoms with Crippen LogP contribution in [0, 0.1) is 0 Å². The molecule has 2 atom stereocenters. The topological polar surface area (TPSA) is 108 Å². The van der Waals surface area contributed by atoms with Crippen molar-refractivity contribution in [3.8, 4) is 0 Å². The Kier molecular flexibility index (Phi) is 50.0. The second-order valence-electron chi connectivity index (χ2n) is 20.9. The van der Waals surface area contributed by atoms with Crippen LogP contribution in [0.4, 0.5) is 0 Å². The standard InChI is InChI=1S/C60H111NO8/c1-6-8-10-12-14-16-18-20-22-24-26-28-29-31-32-34-36-38-40-42-44-46-48-50-57(62)67-54-56(55-68-60(59(64)65)66-53-52-61(3,4)5)69-58(63)51-49-47-45-43-41-39-37-35-33-30-27-25-23-21-19-17-15-13-11-9-7-2/h19,21,24-27,56,60H,6-18,20,22-23,28-55H2,1-5H3/p+1/b21-19-,26-24-,27-25-. The highest BCUT2D eigenvalue weighted by molar-refractivity contribution is 5.71. The van der Waals surface area contributed by atoms with Crippen LogP contribution >= 0.6 is 0 Å². The molecular weight excluding hydrogens is 863 g/mol. The molecule has 0 aromatic heterocycles. The molecule has 0 rings (SSSR count). The first-order chi connectivity index (χ1) is 33.6. The van der Waals surface area contributed by atoms with E-state index in [1.807, 2.05) is 21.1 Å². The number of rotatable bonds is 54. The number of esters is 2. The van der Waals surface area contributed by atoms with Gasteiger partial charge in [-0.2, -0.15) is 0 Å². The maximum Gasteiger partial charge on any atom is 0.361 e. The van der Waals surface area contributed by atoms with E-state index in [4.69, 9.17) is 18.9 Å². The van der Waals surface area contributed by atoms with E-state index in [1.54, 1.807) is 0 Å². The monoisotopic (exact) mass is 975 g/mol. The van der Waals surface area contributed by atoms with Crippen LogP contribution in [0.3, 0.4) is 0 Å². The normalized spacial score (nSPS) is 13.0. The summed E-state index contributed by atoms with van der Waals surface area (Å²) in [4.78, 5) is 37.4. The smallest absolute Gasteiger partial charge is 0.361 e. The summed E-state index contributed by atoms with van der Waals surface area (Å²) in [5.41, 5.74) is 0. The van der Waals surface area contributed by atoms with Crippen LogP contribution in [0.1, 0.15) is 271 Å². The number of carboxylic acid groups (broad SMARTS) is 1. The molecule has 0 bridgehead atoms. The highest BCUT2D eigenvalue weighted by Gasteiger charge is 2.25. The Morgan fingerprint density at radius 3 is 1.16 bits per heavy atom. The largest absolute Gasteiger partial charge is 0.477 e. The molecular formula is C60H112NO8+. The molecule has 0 aliphatic heterocycles. The molecule has 0 heterocycles. The maximum absolute atomic E-state index is 12.9. The van der Waals surface area contributed by atoms with Crippen molar-refractivity contribution in [3.05, 3.63) is 36.5 Å². The second-order valence-corrected chi connectivity index (χ2v) is 20.9. The van der Waals surface area contributed by atoms with E-state index in [9.17, 15) is 19.5 Å². The summed E-state index contributed by atoms with van der Waals surface area (Å²) in [6.45, 7) is 4.90. The van der Waals surface area contributed by atoms with Crippen LogP contribution in [0.25, 0.3) is 0 Å². The van der Waals surface area contributed by atoms with Gasteiger partial charge in [-0.3, -0.25) is 9.59 Å². The summed E-state index contributed by atoms with van der Waals surface area (Å²) in [5, 5.41) is 9.70. The molecule has 404 valence electrons. The molecule has 0 fully saturated rings. The number of carbonyl (C=O) groups is 3. The summed E-state index contributed by atoms with van der Waals surface area (Å²) < 4.78 is 22.9. The molecule has 9 heteroatoms. The maximum atomic E-state index is 12.9. The Morgan fingerprint density at radius 1 is 0.435 bits per heavy atom. The molecule has 0 aliphatic rings. The lowest BCUT2D eigenvalue weighted by Gasteiger charge is -2.25. The highest BCUT2D eigenvalue weighted by Crippen LogP contribution is 2.16. The van der Waals surface area contributed by atoms with Gasteiger partial charge in [-0.15, -0.1) is 0 Å². The fourth-order valence-corrected chi connectivity index (χ4v) is 8.33. The number of nitrogens with zero attached hydrogens (tertiary/aromatic N) is 1.